The molecule has 1 aliphatic rings. The average Bonchev–Trinajstić information content (AvgIpc) is 2.88. The van der Waals surface area contributed by atoms with E-state index < -0.39 is 5.54 Å². The molecule has 1 fully saturated rings. The fourth-order valence-corrected chi connectivity index (χ4v) is 5.25. The van der Waals surface area contributed by atoms with Crippen LogP contribution in [-0.4, -0.2) is 36.1 Å². The fraction of sp³-hybridized carbons (Fsp3) is 0.185. The summed E-state index contributed by atoms with van der Waals surface area (Å²) >= 11 is 0. The first-order valence-corrected chi connectivity index (χ1v) is 10.9. The van der Waals surface area contributed by atoms with Gasteiger partial charge in [-0.15, -0.1) is 0 Å². The topological polar surface area (TPSA) is 37.8 Å². The van der Waals surface area contributed by atoms with Crippen LogP contribution in [0.2, 0.25) is 0 Å². The summed E-state index contributed by atoms with van der Waals surface area (Å²) in [7, 11) is 0. The number of benzene rings is 3. The molecular weight excluding hydrogens is 380 g/mol. The molecule has 0 aliphatic carbocycles. The largest absolute Gasteiger partial charge is 0.330 e. The van der Waals surface area contributed by atoms with Crippen molar-refractivity contribution in [2.24, 2.45) is 0 Å². The molecule has 31 heavy (non-hydrogen) atoms. The van der Waals surface area contributed by atoms with Gasteiger partial charge in [0.2, 0.25) is 0 Å². The zero-order valence-corrected chi connectivity index (χ0v) is 17.6. The first-order chi connectivity index (χ1) is 15.4. The van der Waals surface area contributed by atoms with E-state index in [-0.39, 0.29) is 0 Å². The molecule has 0 amide bonds. The number of aromatic nitrogens is 2. The van der Waals surface area contributed by atoms with Gasteiger partial charge in [-0.3, -0.25) is 0 Å². The Morgan fingerprint density at radius 2 is 1.00 bits per heavy atom. The average molecular weight is 408 g/mol. The van der Waals surface area contributed by atoms with Crippen LogP contribution in [0, 0.1) is 0 Å². The molecular formula is C27H27N4+. The van der Waals surface area contributed by atoms with Gasteiger partial charge in [-0.05, 0) is 6.07 Å². The standard InChI is InChI=1S/C27H27N4/c1-4-11-23(12-5-1)27(24-13-6-2-7-14-24,25-15-8-3-9-16-25)31(21-19-28-20-22-31)26-29-17-10-18-30-26/h1-18,28H,19-22H2/q+1. The molecule has 1 N–H and O–H groups in total. The molecule has 154 valence electrons. The lowest BCUT2D eigenvalue weighted by molar-refractivity contribution is 0.130. The van der Waals surface area contributed by atoms with Crippen LogP contribution < -0.4 is 9.80 Å². The normalized spacial score (nSPS) is 16.0. The van der Waals surface area contributed by atoms with Crippen molar-refractivity contribution < 1.29 is 0 Å². The van der Waals surface area contributed by atoms with Crippen molar-refractivity contribution in [3.63, 3.8) is 0 Å². The Morgan fingerprint density at radius 1 is 0.581 bits per heavy atom. The third-order valence-corrected chi connectivity index (χ3v) is 6.49. The molecule has 2 heterocycles. The molecule has 4 nitrogen and oxygen atoms in total. The molecule has 5 rings (SSSR count). The molecule has 0 bridgehead atoms. The predicted octanol–water partition coefficient (Wildman–Crippen LogP) is 4.38. The lowest BCUT2D eigenvalue weighted by Gasteiger charge is -2.53. The Hall–Kier alpha value is -3.34. The second-order valence-corrected chi connectivity index (χ2v) is 8.02. The number of nitrogens with zero attached hydrogens (tertiary/aromatic N) is 3. The molecule has 4 heteroatoms. The lowest BCUT2D eigenvalue weighted by atomic mass is 9.73. The maximum Gasteiger partial charge on any atom is 0.330 e. The highest BCUT2D eigenvalue weighted by molar-refractivity contribution is 5.56. The van der Waals surface area contributed by atoms with E-state index in [1.165, 1.54) is 16.7 Å². The van der Waals surface area contributed by atoms with Crippen LogP contribution in [0.5, 0.6) is 0 Å². The second-order valence-electron chi connectivity index (χ2n) is 8.02. The summed E-state index contributed by atoms with van der Waals surface area (Å²) in [5.74, 6) is 0.862. The first-order valence-electron chi connectivity index (χ1n) is 10.9. The number of quaternary nitrogens is 1. The van der Waals surface area contributed by atoms with E-state index in [9.17, 15) is 0 Å². The van der Waals surface area contributed by atoms with Crippen molar-refractivity contribution in [3.8, 4) is 0 Å². The highest BCUT2D eigenvalue weighted by Gasteiger charge is 2.58. The zero-order valence-electron chi connectivity index (χ0n) is 17.6. The van der Waals surface area contributed by atoms with Crippen LogP contribution in [0.15, 0.2) is 109 Å². The molecule has 1 saturated heterocycles. The Bertz CT molecular complexity index is 996. The SMILES string of the molecule is c1ccc(C(c2ccccc2)(c2ccccc2)[N+]2(c3ncccn3)CCNCC2)cc1. The van der Waals surface area contributed by atoms with E-state index in [0.29, 0.717) is 4.48 Å². The van der Waals surface area contributed by atoms with E-state index in [2.05, 4.69) is 96.3 Å². The van der Waals surface area contributed by atoms with Crippen molar-refractivity contribution >= 4 is 5.95 Å². The summed E-state index contributed by atoms with van der Waals surface area (Å²) in [5.41, 5.74) is 3.28. The van der Waals surface area contributed by atoms with Crippen molar-refractivity contribution in [3.05, 3.63) is 126 Å². The number of rotatable bonds is 5. The highest BCUT2D eigenvalue weighted by atomic mass is 15.5. The number of hydrogen-bond acceptors (Lipinski definition) is 3. The molecule has 0 saturated carbocycles. The third-order valence-electron chi connectivity index (χ3n) is 6.49. The van der Waals surface area contributed by atoms with Gasteiger partial charge in [-0.1, -0.05) is 91.0 Å². The maximum absolute atomic E-state index is 4.85. The molecule has 0 radical (unpaired) electrons. The van der Waals surface area contributed by atoms with Gasteiger partial charge in [0, 0.05) is 42.2 Å². The molecule has 3 aromatic carbocycles. The summed E-state index contributed by atoms with van der Waals surface area (Å²) in [6.07, 6.45) is 3.74. The predicted molar refractivity (Wildman–Crippen MR) is 126 cm³/mol. The highest BCUT2D eigenvalue weighted by Crippen LogP contribution is 2.49. The van der Waals surface area contributed by atoms with Gasteiger partial charge >= 0.3 is 5.95 Å². The van der Waals surface area contributed by atoms with Gasteiger partial charge < -0.3 is 5.32 Å². The number of hydrogen-bond donors (Lipinski definition) is 1. The van der Waals surface area contributed by atoms with Crippen molar-refractivity contribution in [1.82, 2.24) is 19.8 Å². The maximum atomic E-state index is 4.85. The quantitative estimate of drug-likeness (QED) is 0.394. The second kappa shape index (κ2) is 8.42. The minimum Gasteiger partial charge on any atom is -0.306 e. The summed E-state index contributed by atoms with van der Waals surface area (Å²) < 4.78 is 0.638. The van der Waals surface area contributed by atoms with Crippen LogP contribution in [-0.2, 0) is 5.54 Å². The number of piperazine rings is 1. The Labute approximate surface area is 183 Å². The van der Waals surface area contributed by atoms with Crippen LogP contribution in [0.4, 0.5) is 5.95 Å². The molecule has 0 unspecified atom stereocenters. The monoisotopic (exact) mass is 407 g/mol. The molecule has 1 aliphatic heterocycles. The summed E-state index contributed by atoms with van der Waals surface area (Å²) in [4.78, 5) is 9.70. The fourth-order valence-electron chi connectivity index (χ4n) is 5.25. The van der Waals surface area contributed by atoms with Gasteiger partial charge in [0.1, 0.15) is 0 Å². The van der Waals surface area contributed by atoms with Gasteiger partial charge in [-0.2, -0.15) is 9.97 Å². The first kappa shape index (κ1) is 19.6. The van der Waals surface area contributed by atoms with Crippen molar-refractivity contribution in [2.45, 2.75) is 5.54 Å². The molecule has 1 aromatic heterocycles. The van der Waals surface area contributed by atoms with Crippen molar-refractivity contribution in [2.75, 3.05) is 26.2 Å². The Balaban J connectivity index is 1.94. The van der Waals surface area contributed by atoms with Crippen LogP contribution in [0.25, 0.3) is 0 Å². The van der Waals surface area contributed by atoms with E-state index in [4.69, 9.17) is 9.97 Å². The molecule has 0 atom stereocenters. The van der Waals surface area contributed by atoms with Crippen LogP contribution in [0.3, 0.4) is 0 Å². The Kier molecular flexibility index (Phi) is 5.33. The van der Waals surface area contributed by atoms with E-state index >= 15 is 0 Å². The van der Waals surface area contributed by atoms with E-state index in [1.54, 1.807) is 0 Å². The van der Waals surface area contributed by atoms with Crippen molar-refractivity contribution in [1.29, 1.82) is 0 Å². The Morgan fingerprint density at radius 3 is 1.42 bits per heavy atom. The lowest BCUT2D eigenvalue weighted by Crippen LogP contribution is -2.71. The van der Waals surface area contributed by atoms with Gasteiger partial charge in [-0.25, -0.2) is 4.48 Å². The van der Waals surface area contributed by atoms with Crippen LogP contribution in [0.1, 0.15) is 16.7 Å². The zero-order chi connectivity index (χ0) is 21.0. The van der Waals surface area contributed by atoms with Gasteiger partial charge in [0.05, 0.1) is 13.1 Å². The molecule has 4 aromatic rings. The smallest absolute Gasteiger partial charge is 0.306 e. The molecule has 0 spiro atoms. The van der Waals surface area contributed by atoms with Gasteiger partial charge in [0.25, 0.3) is 0 Å². The third kappa shape index (κ3) is 3.16. The number of nitrogens with one attached hydrogen (secondary N) is 1. The minimum atomic E-state index is -0.479. The van der Waals surface area contributed by atoms with E-state index in [0.717, 1.165) is 32.1 Å². The summed E-state index contributed by atoms with van der Waals surface area (Å²) in [5, 5.41) is 3.56. The van der Waals surface area contributed by atoms with Crippen LogP contribution >= 0.6 is 0 Å². The van der Waals surface area contributed by atoms with Gasteiger partial charge in [0.15, 0.2) is 5.54 Å². The summed E-state index contributed by atoms with van der Waals surface area (Å²) in [6.45, 7) is 3.60. The van der Waals surface area contributed by atoms with E-state index in [1.807, 2.05) is 18.5 Å². The minimum absolute atomic E-state index is 0.479. The summed E-state index contributed by atoms with van der Waals surface area (Å²) in [6, 6.07) is 34.5.